The van der Waals surface area contributed by atoms with Crippen LogP contribution in [0.4, 0.5) is 0 Å². The number of hydrogen-bond donors (Lipinski definition) is 1. The molecule has 0 radical (unpaired) electrons. The van der Waals surface area contributed by atoms with Gasteiger partial charge in [0.05, 0.1) is 5.92 Å². The maximum absolute atomic E-state index is 10.8. The Labute approximate surface area is 126 Å². The molecule has 0 aromatic carbocycles. The summed E-state index contributed by atoms with van der Waals surface area (Å²) in [5.41, 5.74) is 0. The Bertz CT molecular complexity index is 124. The molecule has 0 bridgehead atoms. The van der Waals surface area contributed by atoms with Gasteiger partial charge >= 0.3 is 74.9 Å². The van der Waals surface area contributed by atoms with Gasteiger partial charge in [-0.25, -0.2) is 0 Å². The van der Waals surface area contributed by atoms with Crippen molar-refractivity contribution in [2.24, 2.45) is 11.8 Å². The summed E-state index contributed by atoms with van der Waals surface area (Å²) in [6.07, 6.45) is 5.43. The topological polar surface area (TPSA) is 52.3 Å². The van der Waals surface area contributed by atoms with Crippen LogP contribution in [0.1, 0.15) is 32.1 Å². The summed E-state index contributed by atoms with van der Waals surface area (Å²) in [6.45, 7) is 0. The molecule has 0 aliphatic heterocycles. The third-order valence-electron chi connectivity index (χ3n) is 2.05. The van der Waals surface area contributed by atoms with Crippen molar-refractivity contribution < 1.29 is 9.63 Å². The van der Waals surface area contributed by atoms with Gasteiger partial charge in [-0.1, -0.05) is 19.3 Å². The quantitative estimate of drug-likeness (QED) is 0.703. The number of carbonyl (C=O) groups excluding carboxylic acids is 1. The molecule has 4 heteroatoms. The first-order valence-electron chi connectivity index (χ1n) is 3.75. The molecule has 0 spiro atoms. The van der Waals surface area contributed by atoms with Gasteiger partial charge in [0, 0.05) is 0 Å². The third kappa shape index (κ3) is 4.31. The summed E-state index contributed by atoms with van der Waals surface area (Å²) < 4.78 is 0. The summed E-state index contributed by atoms with van der Waals surface area (Å²) in [5, 5.41) is 0. The van der Waals surface area contributed by atoms with Crippen LogP contribution in [0.3, 0.4) is 0 Å². The molecular formula is C7H14CsNO2. The van der Waals surface area contributed by atoms with Crippen LogP contribution in [0.25, 0.3) is 0 Å². The first-order valence-corrected chi connectivity index (χ1v) is 3.75. The van der Waals surface area contributed by atoms with Gasteiger partial charge in [-0.15, -0.1) is 0 Å². The van der Waals surface area contributed by atoms with Crippen molar-refractivity contribution in [2.75, 3.05) is 0 Å². The number of hydrogen-bond acceptors (Lipinski definition) is 3. The second kappa shape index (κ2) is 6.94. The fourth-order valence-corrected chi connectivity index (χ4v) is 1.43. The second-order valence-corrected chi connectivity index (χ2v) is 2.77. The molecule has 0 heterocycles. The van der Waals surface area contributed by atoms with E-state index in [-0.39, 0.29) is 80.8 Å². The second-order valence-electron chi connectivity index (χ2n) is 2.77. The van der Waals surface area contributed by atoms with E-state index in [1.165, 1.54) is 6.42 Å². The van der Waals surface area contributed by atoms with E-state index in [0.29, 0.717) is 0 Å². The molecular weight excluding hydrogens is 263 g/mol. The van der Waals surface area contributed by atoms with E-state index in [4.69, 9.17) is 5.90 Å². The van der Waals surface area contributed by atoms with Crippen LogP contribution in [0.2, 0.25) is 0 Å². The Morgan fingerprint density at radius 2 is 1.82 bits per heavy atom. The Morgan fingerprint density at radius 1 is 1.27 bits per heavy atom. The van der Waals surface area contributed by atoms with Gasteiger partial charge in [0.1, 0.15) is 0 Å². The summed E-state index contributed by atoms with van der Waals surface area (Å²) in [5.74, 6) is 4.60. The zero-order valence-corrected chi connectivity index (χ0v) is 6.01. The molecule has 3 nitrogen and oxygen atoms in total. The molecule has 11 heavy (non-hydrogen) atoms. The minimum absolute atomic E-state index is 0. The molecule has 0 aromatic heterocycles. The molecule has 0 amide bonds. The SMILES string of the molecule is NOC(=O)C1CCCCC1.[CsH]. The molecule has 0 atom stereocenters. The Morgan fingerprint density at radius 3 is 2.27 bits per heavy atom. The van der Waals surface area contributed by atoms with Gasteiger partial charge in [-0.3, -0.25) is 4.79 Å². The van der Waals surface area contributed by atoms with Crippen molar-refractivity contribution >= 4 is 74.9 Å². The maximum atomic E-state index is 10.8. The number of carbonyl (C=O) groups is 1. The van der Waals surface area contributed by atoms with Crippen molar-refractivity contribution in [2.45, 2.75) is 32.1 Å². The molecule has 0 unspecified atom stereocenters. The Hall–Kier alpha value is 1.48. The predicted octanol–water partition coefficient (Wildman–Crippen LogP) is 0.335. The fraction of sp³-hybridized carbons (Fsp3) is 0.857. The monoisotopic (exact) mass is 277 g/mol. The van der Waals surface area contributed by atoms with E-state index >= 15 is 0 Å². The zero-order valence-electron chi connectivity index (χ0n) is 6.01. The molecule has 1 fully saturated rings. The summed E-state index contributed by atoms with van der Waals surface area (Å²) in [7, 11) is 0. The van der Waals surface area contributed by atoms with Crippen molar-refractivity contribution in [3.8, 4) is 0 Å². The van der Waals surface area contributed by atoms with Crippen LogP contribution in [0.15, 0.2) is 0 Å². The van der Waals surface area contributed by atoms with Crippen LogP contribution in [-0.2, 0) is 9.63 Å². The first-order chi connectivity index (χ1) is 4.84. The average Bonchev–Trinajstić information content (AvgIpc) is 2.05. The molecule has 60 valence electrons. The van der Waals surface area contributed by atoms with Gasteiger partial charge in [0.2, 0.25) is 0 Å². The van der Waals surface area contributed by atoms with Crippen LogP contribution in [0.5, 0.6) is 0 Å². The molecule has 1 rings (SSSR count). The fourth-order valence-electron chi connectivity index (χ4n) is 1.43. The molecule has 1 aliphatic rings. The van der Waals surface area contributed by atoms with E-state index in [1.807, 2.05) is 0 Å². The van der Waals surface area contributed by atoms with E-state index in [9.17, 15) is 4.79 Å². The van der Waals surface area contributed by atoms with E-state index < -0.39 is 0 Å². The molecule has 1 saturated carbocycles. The van der Waals surface area contributed by atoms with Crippen LogP contribution >= 0.6 is 0 Å². The average molecular weight is 277 g/mol. The Balaban J connectivity index is 0.000001000. The number of nitrogens with two attached hydrogens (primary N) is 1. The van der Waals surface area contributed by atoms with Crippen LogP contribution < -0.4 is 5.90 Å². The zero-order chi connectivity index (χ0) is 7.40. The molecule has 0 aromatic rings. The first kappa shape index (κ1) is 12.5. The summed E-state index contributed by atoms with van der Waals surface area (Å²) in [4.78, 5) is 15.0. The minimum atomic E-state index is -0.236. The molecule has 1 aliphatic carbocycles. The van der Waals surface area contributed by atoms with Gasteiger partial charge in [0.25, 0.3) is 0 Å². The summed E-state index contributed by atoms with van der Waals surface area (Å²) in [6, 6.07) is 0. The van der Waals surface area contributed by atoms with E-state index in [2.05, 4.69) is 4.84 Å². The van der Waals surface area contributed by atoms with Crippen molar-refractivity contribution in [1.82, 2.24) is 0 Å². The van der Waals surface area contributed by atoms with Gasteiger partial charge in [-0.05, 0) is 12.8 Å². The van der Waals surface area contributed by atoms with E-state index in [0.717, 1.165) is 25.7 Å². The predicted molar refractivity (Wildman–Crippen MR) is 44.0 cm³/mol. The van der Waals surface area contributed by atoms with E-state index in [1.54, 1.807) is 0 Å². The third-order valence-corrected chi connectivity index (χ3v) is 2.05. The van der Waals surface area contributed by atoms with Gasteiger partial charge in [0.15, 0.2) is 0 Å². The summed E-state index contributed by atoms with van der Waals surface area (Å²) >= 11 is 0. The standard InChI is InChI=1S/C7H13NO2.Cs.H/c8-10-7(9)6-4-2-1-3-5-6;;/h6H,1-5,8H2;;. The van der Waals surface area contributed by atoms with Crippen LogP contribution in [0, 0.1) is 5.92 Å². The van der Waals surface area contributed by atoms with Gasteiger partial charge in [-0.2, -0.15) is 5.90 Å². The number of rotatable bonds is 1. The molecule has 0 saturated heterocycles. The molecule has 2 N–H and O–H groups in total. The van der Waals surface area contributed by atoms with Crippen LogP contribution in [-0.4, -0.2) is 74.9 Å². The van der Waals surface area contributed by atoms with Crippen molar-refractivity contribution in [1.29, 1.82) is 0 Å². The Kier molecular flexibility index (Phi) is 7.88. The van der Waals surface area contributed by atoms with Crippen molar-refractivity contribution in [3.05, 3.63) is 0 Å². The van der Waals surface area contributed by atoms with Crippen molar-refractivity contribution in [3.63, 3.8) is 0 Å². The van der Waals surface area contributed by atoms with Gasteiger partial charge < -0.3 is 4.84 Å². The normalized spacial score (nSPS) is 18.6.